The van der Waals surface area contributed by atoms with E-state index >= 15 is 8.78 Å². The molecule has 0 amide bonds. The molecule has 4 heterocycles. The van der Waals surface area contributed by atoms with Gasteiger partial charge >= 0.3 is 11.6 Å². The molecule has 0 spiro atoms. The second-order valence-electron chi connectivity index (χ2n) is 12.7. The van der Waals surface area contributed by atoms with Crippen LogP contribution in [0.3, 0.4) is 0 Å². The van der Waals surface area contributed by atoms with Gasteiger partial charge in [-0.05, 0) is 71.7 Å². The van der Waals surface area contributed by atoms with Gasteiger partial charge in [-0.15, -0.1) is 0 Å². The van der Waals surface area contributed by atoms with Crippen LogP contribution in [-0.4, -0.2) is 61.5 Å². The minimum Gasteiger partial charge on any atom is -0.387 e. The maximum absolute atomic E-state index is 16.3. The number of halogens is 4. The van der Waals surface area contributed by atoms with Crippen LogP contribution in [0.25, 0.3) is 11.1 Å². The average Bonchev–Trinajstić information content (AvgIpc) is 3.54. The maximum Gasteiger partial charge on any atom is 0.362 e. The van der Waals surface area contributed by atoms with E-state index in [1.165, 1.54) is 12.3 Å². The van der Waals surface area contributed by atoms with Gasteiger partial charge in [-0.1, -0.05) is 38.1 Å². The Labute approximate surface area is 280 Å². The van der Waals surface area contributed by atoms with Crippen LogP contribution in [-0.2, 0) is 11.5 Å². The zero-order chi connectivity index (χ0) is 34.9. The van der Waals surface area contributed by atoms with Gasteiger partial charge in [0.2, 0.25) is 0 Å². The fourth-order valence-electron chi connectivity index (χ4n) is 6.23. The lowest BCUT2D eigenvalue weighted by molar-refractivity contribution is -0.104. The Morgan fingerprint density at radius 3 is 2.06 bits per heavy atom. The van der Waals surface area contributed by atoms with Crippen LogP contribution in [0.2, 0.25) is 0 Å². The Balaban J connectivity index is 1.15. The van der Waals surface area contributed by atoms with Crippen LogP contribution in [0.1, 0.15) is 50.2 Å². The van der Waals surface area contributed by atoms with Gasteiger partial charge in [0.25, 0.3) is 0 Å². The largest absolute Gasteiger partial charge is 0.387 e. The van der Waals surface area contributed by atoms with Crippen molar-refractivity contribution < 1.29 is 22.7 Å². The molecule has 1 fully saturated rings. The highest BCUT2D eigenvalue weighted by atomic mass is 19.3. The molecule has 1 aliphatic rings. The molecule has 3 aromatic heterocycles. The molecule has 0 bridgehead atoms. The second kappa shape index (κ2) is 13.4. The van der Waals surface area contributed by atoms with Crippen molar-refractivity contribution in [3.05, 3.63) is 118 Å². The number of pyridine rings is 2. The molecule has 1 saturated heterocycles. The quantitative estimate of drug-likeness (QED) is 0.182. The van der Waals surface area contributed by atoms with Crippen molar-refractivity contribution in [2.75, 3.05) is 36.0 Å². The van der Waals surface area contributed by atoms with E-state index in [2.05, 4.69) is 44.0 Å². The van der Waals surface area contributed by atoms with Crippen molar-refractivity contribution in [3.8, 4) is 11.1 Å². The number of H-pyrrole nitrogens is 1. The van der Waals surface area contributed by atoms with Crippen LogP contribution in [0.15, 0.2) is 83.9 Å². The number of nitrogens with one attached hydrogen (secondary N) is 1. The summed E-state index contributed by atoms with van der Waals surface area (Å²) in [5, 5.41) is 19.1. The molecule has 1 aliphatic heterocycles. The first-order valence-electron chi connectivity index (χ1n) is 15.9. The Hall–Kier alpha value is -5.11. The number of piperazine rings is 1. The van der Waals surface area contributed by atoms with Gasteiger partial charge in [0.15, 0.2) is 5.54 Å². The van der Waals surface area contributed by atoms with Crippen molar-refractivity contribution in [1.82, 2.24) is 30.2 Å². The number of anilines is 2. The molecule has 5 aromatic rings. The molecular formula is C35H36F4N8O2. The molecule has 2 aromatic carbocycles. The van der Waals surface area contributed by atoms with E-state index in [4.69, 9.17) is 0 Å². The maximum atomic E-state index is 16.3. The van der Waals surface area contributed by atoms with Crippen LogP contribution in [0.5, 0.6) is 0 Å². The first kappa shape index (κ1) is 33.8. The minimum atomic E-state index is -4.00. The Morgan fingerprint density at radius 1 is 0.857 bits per heavy atom. The van der Waals surface area contributed by atoms with Gasteiger partial charge in [-0.25, -0.2) is 18.7 Å². The number of benzene rings is 2. The molecule has 14 heteroatoms. The molecule has 2 atom stereocenters. The summed E-state index contributed by atoms with van der Waals surface area (Å²) < 4.78 is 61.7. The van der Waals surface area contributed by atoms with E-state index in [1.54, 1.807) is 0 Å². The first-order chi connectivity index (χ1) is 23.4. The lowest BCUT2D eigenvalue weighted by Gasteiger charge is -2.37. The summed E-state index contributed by atoms with van der Waals surface area (Å²) in [6.45, 7) is 8.20. The highest BCUT2D eigenvalue weighted by Gasteiger charge is 2.58. The molecule has 0 saturated carbocycles. The Bertz CT molecular complexity index is 1940. The van der Waals surface area contributed by atoms with Crippen molar-refractivity contribution >= 4 is 11.4 Å². The lowest BCUT2D eigenvalue weighted by Crippen LogP contribution is -2.52. The summed E-state index contributed by atoms with van der Waals surface area (Å²) >= 11 is 0. The highest BCUT2D eigenvalue weighted by Crippen LogP contribution is 2.47. The first-order valence-corrected chi connectivity index (χ1v) is 15.9. The number of rotatable bonds is 10. The molecule has 0 radical (unpaired) electrons. The second-order valence-corrected chi connectivity index (χ2v) is 12.7. The summed E-state index contributed by atoms with van der Waals surface area (Å²) in [5.74, 6) is -5.86. The number of aliphatic hydroxyl groups is 1. The van der Waals surface area contributed by atoms with Gasteiger partial charge in [-0.3, -0.25) is 9.97 Å². The Morgan fingerprint density at radius 2 is 1.51 bits per heavy atom. The third-order valence-electron chi connectivity index (χ3n) is 9.07. The SMILES string of the molecule is CC(C)CC(O)c1ccc(N2CCN(c3ccc(-c4ccc(C(F)(F)[C@@](C)(c5ccc(F)cc5F)n5nn[nH]c5=O)nc4)cc3)CC2)cn1. The van der Waals surface area contributed by atoms with E-state index in [1.807, 2.05) is 47.7 Å². The molecule has 10 nitrogen and oxygen atoms in total. The monoisotopic (exact) mass is 676 g/mol. The number of tetrazole rings is 1. The van der Waals surface area contributed by atoms with Crippen LogP contribution in [0, 0.1) is 17.6 Å². The predicted molar refractivity (Wildman–Crippen MR) is 176 cm³/mol. The normalized spacial score (nSPS) is 15.8. The van der Waals surface area contributed by atoms with Crippen molar-refractivity contribution in [1.29, 1.82) is 0 Å². The number of alkyl halides is 2. The zero-order valence-electron chi connectivity index (χ0n) is 27.2. The van der Waals surface area contributed by atoms with Gasteiger partial charge in [0.1, 0.15) is 17.3 Å². The highest BCUT2D eigenvalue weighted by molar-refractivity contribution is 5.66. The van der Waals surface area contributed by atoms with Crippen molar-refractivity contribution in [2.24, 2.45) is 5.92 Å². The predicted octanol–water partition coefficient (Wildman–Crippen LogP) is 5.66. The van der Waals surface area contributed by atoms with E-state index in [0.717, 1.165) is 68.2 Å². The van der Waals surface area contributed by atoms with Gasteiger partial charge in [0, 0.05) is 55.3 Å². The third-order valence-corrected chi connectivity index (χ3v) is 9.07. The fraction of sp³-hybridized carbons (Fsp3) is 0.343. The van der Waals surface area contributed by atoms with Gasteiger partial charge < -0.3 is 14.9 Å². The molecule has 2 N–H and O–H groups in total. The molecule has 0 aliphatic carbocycles. The third kappa shape index (κ3) is 6.52. The number of aromatic amines is 1. The van der Waals surface area contributed by atoms with Gasteiger partial charge in [0.05, 0.1) is 23.7 Å². The summed E-state index contributed by atoms with van der Waals surface area (Å²) in [6, 6.07) is 16.3. The Kier molecular flexibility index (Phi) is 9.25. The number of aliphatic hydroxyl groups excluding tert-OH is 1. The van der Waals surface area contributed by atoms with Crippen LogP contribution >= 0.6 is 0 Å². The van der Waals surface area contributed by atoms with Gasteiger partial charge in [-0.2, -0.15) is 13.5 Å². The fourth-order valence-corrected chi connectivity index (χ4v) is 6.23. The van der Waals surface area contributed by atoms with E-state index in [9.17, 15) is 18.7 Å². The van der Waals surface area contributed by atoms with Crippen molar-refractivity contribution in [2.45, 2.75) is 44.8 Å². The average molecular weight is 677 g/mol. The summed E-state index contributed by atoms with van der Waals surface area (Å²) in [7, 11) is 0. The number of aromatic nitrogens is 6. The number of hydrogen-bond acceptors (Lipinski definition) is 8. The zero-order valence-corrected chi connectivity index (χ0v) is 27.2. The van der Waals surface area contributed by atoms with Crippen LogP contribution < -0.4 is 15.5 Å². The van der Waals surface area contributed by atoms with E-state index < -0.39 is 46.1 Å². The number of nitrogens with zero attached hydrogens (tertiary/aromatic N) is 7. The molecule has 6 rings (SSSR count). The molecule has 1 unspecified atom stereocenters. The summed E-state index contributed by atoms with van der Waals surface area (Å²) in [5.41, 5.74) is -1.25. The van der Waals surface area contributed by atoms with E-state index in [-0.39, 0.29) is 0 Å². The standard InChI is InChI=1S/C35H36F4N8O2/c1-22(2)18-31(48)30-12-10-27(21-40-30)46-16-14-45(15-17-46)26-8-4-23(5-9-26)24-6-13-32(41-20-24)35(38,39)34(3,47-33(49)42-43-44-47)28-11-7-25(36)19-29(28)37/h4-13,19-22,31,48H,14-18H2,1-3H3,(H,42,44,49)/t31?,34-/m1/s1. The number of hydrogen-bond donors (Lipinski definition) is 2. The van der Waals surface area contributed by atoms with E-state index in [0.29, 0.717) is 34.3 Å². The van der Waals surface area contributed by atoms with Crippen molar-refractivity contribution in [3.63, 3.8) is 0 Å². The summed E-state index contributed by atoms with van der Waals surface area (Å²) in [6.07, 6.45) is 3.19. The smallest absolute Gasteiger partial charge is 0.362 e. The molecule has 256 valence electrons. The lowest BCUT2D eigenvalue weighted by atomic mass is 9.83. The minimum absolute atomic E-state index is 0.337. The molecular weight excluding hydrogens is 640 g/mol. The topological polar surface area (TPSA) is 116 Å². The van der Waals surface area contributed by atoms with Crippen LogP contribution in [0.4, 0.5) is 28.9 Å². The summed E-state index contributed by atoms with van der Waals surface area (Å²) in [4.78, 5) is 25.5. The molecule has 49 heavy (non-hydrogen) atoms.